The molecule has 2 atom stereocenters. The molecule has 2 aromatic rings. The largest absolute Gasteiger partial charge is 0.308 e. The predicted octanol–water partition coefficient (Wildman–Crippen LogP) is 4.16. The first kappa shape index (κ1) is 12.6. The Labute approximate surface area is 139 Å². The smallest absolute Gasteiger partial charge is 0.126 e. The maximum atomic E-state index is 13.9. The fourth-order valence-corrected chi connectivity index (χ4v) is 3.31. The van der Waals surface area contributed by atoms with Crippen LogP contribution in [-0.4, -0.2) is 16.3 Å². The first-order valence-electron chi connectivity index (χ1n) is 9.22. The van der Waals surface area contributed by atoms with Crippen molar-refractivity contribution in [1.82, 2.24) is 15.1 Å². The zero-order chi connectivity index (χ0) is 19.4. The van der Waals surface area contributed by atoms with Crippen LogP contribution in [0.25, 0.3) is 11.3 Å². The Kier molecular flexibility index (Phi) is 2.97. The molecule has 0 fully saturated rings. The molecule has 0 spiro atoms. The predicted molar refractivity (Wildman–Crippen MR) is 87.2 cm³/mol. The Hall–Kier alpha value is -1.75. The lowest BCUT2D eigenvalue weighted by Crippen LogP contribution is -2.37. The van der Waals surface area contributed by atoms with Gasteiger partial charge in [-0.15, -0.1) is 0 Å². The van der Waals surface area contributed by atoms with E-state index in [0.29, 0.717) is 12.2 Å². The van der Waals surface area contributed by atoms with Crippen LogP contribution in [0.5, 0.6) is 0 Å². The van der Waals surface area contributed by atoms with Crippen molar-refractivity contribution in [2.75, 3.05) is 6.54 Å². The van der Waals surface area contributed by atoms with E-state index < -0.39 is 18.6 Å². The van der Waals surface area contributed by atoms with Crippen LogP contribution in [0.1, 0.15) is 55.0 Å². The van der Waals surface area contributed by atoms with Crippen LogP contribution in [0.15, 0.2) is 18.2 Å². The summed E-state index contributed by atoms with van der Waals surface area (Å²) >= 11 is 0. The molecular weight excluding hydrogens is 296 g/mol. The summed E-state index contributed by atoms with van der Waals surface area (Å²) in [6.45, 7) is 6.16. The molecule has 2 heterocycles. The number of hydrogen-bond acceptors (Lipinski definition) is 2. The Bertz CT molecular complexity index is 817. The van der Waals surface area contributed by atoms with E-state index in [1.807, 2.05) is 6.92 Å². The fourth-order valence-electron chi connectivity index (χ4n) is 3.31. The maximum Gasteiger partial charge on any atom is 0.126 e. The highest BCUT2D eigenvalue weighted by atomic mass is 19.1. The molecule has 1 aliphatic rings. The van der Waals surface area contributed by atoms with Gasteiger partial charge in [0.15, 0.2) is 0 Å². The first-order valence-corrected chi connectivity index (χ1v) is 7.72. The highest BCUT2D eigenvalue weighted by molar-refractivity contribution is 5.67. The van der Waals surface area contributed by atoms with Gasteiger partial charge in [-0.3, -0.25) is 4.68 Å². The summed E-state index contributed by atoms with van der Waals surface area (Å²) in [5, 5.41) is 7.70. The van der Waals surface area contributed by atoms with Crippen molar-refractivity contribution in [2.24, 2.45) is 12.4 Å². The lowest BCUT2D eigenvalue weighted by Gasteiger charge is -2.37. The molecule has 3 nitrogen and oxygen atoms in total. The second-order valence-corrected chi connectivity index (χ2v) is 7.27. The van der Waals surface area contributed by atoms with Crippen molar-refractivity contribution in [3.63, 3.8) is 0 Å². The van der Waals surface area contributed by atoms with E-state index >= 15 is 0 Å². The normalized spacial score (nSPS) is 23.8. The van der Waals surface area contributed by atoms with Crippen molar-refractivity contribution in [2.45, 2.75) is 39.7 Å². The number of nitrogens with zero attached hydrogens (tertiary/aromatic N) is 2. The Morgan fingerprint density at radius 3 is 2.48 bits per heavy atom. The fraction of sp³-hybridized carbons (Fsp3) is 0.500. The van der Waals surface area contributed by atoms with Crippen molar-refractivity contribution >= 4 is 0 Å². The standard InChI is InChI=1S/C18H23F2N3/c1-10-16-15(14(9-21-10)18(2,3)4)17(23(5)22-16)11-6-12(19)8-13(20)7-11/h6-8,10,14,21H,9H2,1-5H3/i5D3. The Morgan fingerprint density at radius 2 is 1.91 bits per heavy atom. The maximum absolute atomic E-state index is 13.9. The third-order valence-corrected chi connectivity index (χ3v) is 4.52. The minimum atomic E-state index is -2.56. The molecule has 0 bridgehead atoms. The van der Waals surface area contributed by atoms with Gasteiger partial charge in [0.05, 0.1) is 11.4 Å². The van der Waals surface area contributed by atoms with Gasteiger partial charge in [0.25, 0.3) is 0 Å². The van der Waals surface area contributed by atoms with E-state index in [1.54, 1.807) is 0 Å². The highest BCUT2D eigenvalue weighted by Crippen LogP contribution is 2.45. The number of benzene rings is 1. The van der Waals surface area contributed by atoms with Gasteiger partial charge < -0.3 is 5.32 Å². The molecule has 124 valence electrons. The van der Waals surface area contributed by atoms with Gasteiger partial charge >= 0.3 is 0 Å². The molecule has 1 aliphatic heterocycles. The topological polar surface area (TPSA) is 29.9 Å². The van der Waals surface area contributed by atoms with E-state index in [4.69, 9.17) is 4.11 Å². The summed E-state index contributed by atoms with van der Waals surface area (Å²) in [5.41, 5.74) is 1.64. The highest BCUT2D eigenvalue weighted by Gasteiger charge is 2.37. The molecule has 0 saturated carbocycles. The summed E-state index contributed by atoms with van der Waals surface area (Å²) in [5.74, 6) is -1.55. The minimum Gasteiger partial charge on any atom is -0.308 e. The number of fused-ring (bicyclic) bond motifs is 1. The third-order valence-electron chi connectivity index (χ3n) is 4.52. The van der Waals surface area contributed by atoms with Crippen LogP contribution in [-0.2, 0) is 6.98 Å². The number of rotatable bonds is 1. The number of aromatic nitrogens is 2. The molecule has 1 aromatic heterocycles. The summed E-state index contributed by atoms with van der Waals surface area (Å²) in [7, 11) is 0. The first-order chi connectivity index (χ1) is 11.9. The lowest BCUT2D eigenvalue weighted by atomic mass is 9.72. The van der Waals surface area contributed by atoms with Crippen LogP contribution in [0.2, 0.25) is 0 Å². The second-order valence-electron chi connectivity index (χ2n) is 7.27. The zero-order valence-corrected chi connectivity index (χ0v) is 13.7. The van der Waals surface area contributed by atoms with E-state index in [-0.39, 0.29) is 28.6 Å². The number of aryl methyl sites for hydroxylation is 1. The molecule has 0 radical (unpaired) electrons. The van der Waals surface area contributed by atoms with Gasteiger partial charge in [0.1, 0.15) is 11.6 Å². The van der Waals surface area contributed by atoms with Crippen molar-refractivity contribution in [3.8, 4) is 11.3 Å². The Balaban J connectivity index is 2.37. The molecule has 2 unspecified atom stereocenters. The van der Waals surface area contributed by atoms with Crippen molar-refractivity contribution < 1.29 is 12.9 Å². The SMILES string of the molecule is [2H]C([2H])([2H])n1nc2c(c1-c1cc(F)cc(F)c1)C(C(C)(C)C)CNC2C. The molecule has 23 heavy (non-hydrogen) atoms. The van der Waals surface area contributed by atoms with E-state index in [2.05, 4.69) is 31.2 Å². The van der Waals surface area contributed by atoms with Crippen LogP contribution in [0.3, 0.4) is 0 Å². The molecule has 1 N–H and O–H groups in total. The summed E-state index contributed by atoms with van der Waals surface area (Å²) in [4.78, 5) is 0. The van der Waals surface area contributed by atoms with Crippen molar-refractivity contribution in [3.05, 3.63) is 41.1 Å². The van der Waals surface area contributed by atoms with Gasteiger partial charge in [-0.25, -0.2) is 8.78 Å². The number of nitrogens with one attached hydrogen (secondary N) is 1. The summed E-state index contributed by atoms with van der Waals surface area (Å²) in [6.07, 6.45) is 0. The monoisotopic (exact) mass is 322 g/mol. The molecule has 0 amide bonds. The van der Waals surface area contributed by atoms with E-state index in [0.717, 1.165) is 28.4 Å². The molecule has 5 heteroatoms. The molecule has 0 aliphatic carbocycles. The summed E-state index contributed by atoms with van der Waals surface area (Å²) in [6, 6.07) is 2.95. The molecular formula is C18H23F2N3. The average molecular weight is 322 g/mol. The van der Waals surface area contributed by atoms with Gasteiger partial charge in [-0.2, -0.15) is 5.10 Å². The van der Waals surface area contributed by atoms with Gasteiger partial charge in [-0.1, -0.05) is 20.8 Å². The zero-order valence-electron chi connectivity index (χ0n) is 16.7. The van der Waals surface area contributed by atoms with Crippen LogP contribution in [0.4, 0.5) is 8.78 Å². The minimum absolute atomic E-state index is 0.0499. The quantitative estimate of drug-likeness (QED) is 0.854. The second kappa shape index (κ2) is 5.41. The average Bonchev–Trinajstić information content (AvgIpc) is 2.86. The third kappa shape index (κ3) is 2.78. The van der Waals surface area contributed by atoms with Gasteiger partial charge in [0, 0.05) is 46.8 Å². The lowest BCUT2D eigenvalue weighted by molar-refractivity contribution is 0.284. The van der Waals surface area contributed by atoms with Gasteiger partial charge in [0.2, 0.25) is 0 Å². The summed E-state index contributed by atoms with van der Waals surface area (Å²) < 4.78 is 52.3. The molecule has 3 rings (SSSR count). The molecule has 1 aromatic carbocycles. The number of hydrogen-bond donors (Lipinski definition) is 1. The van der Waals surface area contributed by atoms with Crippen LogP contribution >= 0.6 is 0 Å². The van der Waals surface area contributed by atoms with Crippen LogP contribution < -0.4 is 5.32 Å². The number of halogens is 2. The van der Waals surface area contributed by atoms with Crippen LogP contribution in [0, 0.1) is 17.0 Å². The van der Waals surface area contributed by atoms with Crippen molar-refractivity contribution in [1.29, 1.82) is 0 Å². The van der Waals surface area contributed by atoms with Gasteiger partial charge in [-0.05, 0) is 24.5 Å². The molecule has 0 saturated heterocycles. The Morgan fingerprint density at radius 1 is 1.26 bits per heavy atom. The van der Waals surface area contributed by atoms with E-state index in [1.165, 1.54) is 0 Å². The van der Waals surface area contributed by atoms with E-state index in [9.17, 15) is 8.78 Å².